The van der Waals surface area contributed by atoms with Crippen molar-refractivity contribution in [2.45, 2.75) is 39.0 Å². The van der Waals surface area contributed by atoms with E-state index in [9.17, 15) is 28.8 Å². The number of nitro groups is 1. The molecule has 1 N–H and O–H groups in total. The molecule has 1 aromatic heterocycles. The normalized spacial score (nSPS) is 22.3. The number of amides is 1. The molecular weight excluding hydrogens is 316 g/mol. The molecular formula is C12H15F2N5O4. The van der Waals surface area contributed by atoms with Crippen molar-refractivity contribution < 1.29 is 23.6 Å². The summed E-state index contributed by atoms with van der Waals surface area (Å²) in [4.78, 5) is 22.2. The fourth-order valence-corrected chi connectivity index (χ4v) is 2.27. The van der Waals surface area contributed by atoms with Gasteiger partial charge in [0.15, 0.2) is 0 Å². The SMILES string of the molecule is CC1=NN(C(=O)[C@@H](C)Cn2cc([N+](=O)[O-])cn2)[C@](O)(C(F)F)C1. The lowest BCUT2D eigenvalue weighted by Crippen LogP contribution is -2.53. The highest BCUT2D eigenvalue weighted by Gasteiger charge is 2.51. The second-order valence-electron chi connectivity index (χ2n) is 5.42. The van der Waals surface area contributed by atoms with Crippen molar-refractivity contribution in [3.63, 3.8) is 0 Å². The van der Waals surface area contributed by atoms with Gasteiger partial charge in [-0.3, -0.25) is 19.6 Å². The minimum Gasteiger partial charge on any atom is -0.364 e. The Balaban J connectivity index is 2.13. The van der Waals surface area contributed by atoms with Gasteiger partial charge in [-0.05, 0) is 6.92 Å². The predicted octanol–water partition coefficient (Wildman–Crippen LogP) is 0.989. The molecule has 2 rings (SSSR count). The maximum absolute atomic E-state index is 13.1. The number of alkyl halides is 2. The Morgan fingerprint density at radius 1 is 1.61 bits per heavy atom. The van der Waals surface area contributed by atoms with Crippen LogP contribution in [-0.4, -0.2) is 48.6 Å². The Labute approximate surface area is 129 Å². The summed E-state index contributed by atoms with van der Waals surface area (Å²) in [6.07, 6.45) is -1.46. The number of hydrogen-bond acceptors (Lipinski definition) is 6. The van der Waals surface area contributed by atoms with Crippen LogP contribution in [0, 0.1) is 16.0 Å². The smallest absolute Gasteiger partial charge is 0.306 e. The standard InChI is InChI=1S/C12H15F2N5O4/c1-7(5-17-6-9(4-15-17)19(22)23)10(20)18-12(21,11(13)14)3-8(2)16-18/h4,6-7,11,21H,3,5H2,1-2H3/t7-,12+/m0/s1. The number of hydrazone groups is 1. The van der Waals surface area contributed by atoms with Crippen LogP contribution in [0.3, 0.4) is 0 Å². The van der Waals surface area contributed by atoms with Gasteiger partial charge in [-0.1, -0.05) is 6.92 Å². The third kappa shape index (κ3) is 3.18. The highest BCUT2D eigenvalue weighted by Crippen LogP contribution is 2.32. The molecule has 1 amide bonds. The number of carbonyl (C=O) groups excluding carboxylic acids is 1. The van der Waals surface area contributed by atoms with Crippen LogP contribution in [-0.2, 0) is 11.3 Å². The Hall–Kier alpha value is -2.43. The third-order valence-corrected chi connectivity index (χ3v) is 3.42. The van der Waals surface area contributed by atoms with Gasteiger partial charge in [-0.15, -0.1) is 0 Å². The minimum atomic E-state index is -3.18. The summed E-state index contributed by atoms with van der Waals surface area (Å²) in [7, 11) is 0. The molecule has 126 valence electrons. The van der Waals surface area contributed by atoms with Gasteiger partial charge in [-0.2, -0.15) is 15.2 Å². The van der Waals surface area contributed by atoms with Crippen molar-refractivity contribution in [2.75, 3.05) is 0 Å². The first-order chi connectivity index (χ1) is 10.6. The first-order valence-corrected chi connectivity index (χ1v) is 6.70. The van der Waals surface area contributed by atoms with Gasteiger partial charge in [-0.25, -0.2) is 8.78 Å². The average Bonchev–Trinajstić information content (AvgIpc) is 3.03. The average molecular weight is 331 g/mol. The summed E-state index contributed by atoms with van der Waals surface area (Å²) >= 11 is 0. The fourth-order valence-electron chi connectivity index (χ4n) is 2.27. The van der Waals surface area contributed by atoms with Gasteiger partial charge in [0.25, 0.3) is 6.43 Å². The number of nitrogens with zero attached hydrogens (tertiary/aromatic N) is 5. The maximum atomic E-state index is 13.1. The number of carbonyl (C=O) groups is 1. The van der Waals surface area contributed by atoms with Crippen molar-refractivity contribution in [2.24, 2.45) is 11.0 Å². The second-order valence-corrected chi connectivity index (χ2v) is 5.42. The van der Waals surface area contributed by atoms with Crippen LogP contribution in [0.5, 0.6) is 0 Å². The van der Waals surface area contributed by atoms with E-state index in [4.69, 9.17) is 0 Å². The molecule has 0 aliphatic carbocycles. The topological polar surface area (TPSA) is 114 Å². The molecule has 2 heterocycles. The molecule has 0 spiro atoms. The molecule has 1 aliphatic rings. The molecule has 2 atom stereocenters. The lowest BCUT2D eigenvalue weighted by molar-refractivity contribution is -0.385. The molecule has 0 aromatic carbocycles. The highest BCUT2D eigenvalue weighted by atomic mass is 19.3. The summed E-state index contributed by atoms with van der Waals surface area (Å²) in [5.74, 6) is -1.68. The van der Waals surface area contributed by atoms with E-state index < -0.39 is 35.3 Å². The van der Waals surface area contributed by atoms with E-state index in [1.807, 2.05) is 0 Å². The largest absolute Gasteiger partial charge is 0.364 e. The Morgan fingerprint density at radius 2 is 2.26 bits per heavy atom. The van der Waals surface area contributed by atoms with Crippen LogP contribution >= 0.6 is 0 Å². The zero-order chi connectivity index (χ0) is 17.4. The second kappa shape index (κ2) is 5.99. The molecule has 0 saturated heterocycles. The van der Waals surface area contributed by atoms with Crippen molar-refractivity contribution in [3.8, 4) is 0 Å². The number of rotatable bonds is 5. The summed E-state index contributed by atoms with van der Waals surface area (Å²) in [6, 6.07) is 0. The predicted molar refractivity (Wildman–Crippen MR) is 73.6 cm³/mol. The monoisotopic (exact) mass is 331 g/mol. The zero-order valence-corrected chi connectivity index (χ0v) is 12.4. The molecule has 0 saturated carbocycles. The van der Waals surface area contributed by atoms with Crippen molar-refractivity contribution in [1.82, 2.24) is 14.8 Å². The lowest BCUT2D eigenvalue weighted by atomic mass is 10.1. The van der Waals surface area contributed by atoms with Crippen LogP contribution in [0.25, 0.3) is 0 Å². The summed E-state index contributed by atoms with van der Waals surface area (Å²) < 4.78 is 27.3. The summed E-state index contributed by atoms with van der Waals surface area (Å²) in [5, 5.41) is 28.4. The van der Waals surface area contributed by atoms with Crippen molar-refractivity contribution in [3.05, 3.63) is 22.5 Å². The lowest BCUT2D eigenvalue weighted by Gasteiger charge is -2.31. The van der Waals surface area contributed by atoms with Crippen LogP contribution in [0.1, 0.15) is 20.3 Å². The number of aromatic nitrogens is 2. The first-order valence-electron chi connectivity index (χ1n) is 6.70. The minimum absolute atomic E-state index is 0.0724. The molecule has 23 heavy (non-hydrogen) atoms. The molecule has 9 nitrogen and oxygen atoms in total. The van der Waals surface area contributed by atoms with Gasteiger partial charge in [0.1, 0.15) is 12.4 Å². The summed E-state index contributed by atoms with van der Waals surface area (Å²) in [5.41, 5.74) is -2.70. The molecule has 11 heteroatoms. The fraction of sp³-hybridized carbons (Fsp3) is 0.583. The Bertz CT molecular complexity index is 662. The van der Waals surface area contributed by atoms with E-state index in [-0.39, 0.29) is 17.9 Å². The van der Waals surface area contributed by atoms with Gasteiger partial charge in [0.2, 0.25) is 11.6 Å². The van der Waals surface area contributed by atoms with E-state index in [1.54, 1.807) is 0 Å². The number of halogens is 2. The van der Waals surface area contributed by atoms with Crippen LogP contribution in [0.2, 0.25) is 0 Å². The van der Waals surface area contributed by atoms with E-state index >= 15 is 0 Å². The van der Waals surface area contributed by atoms with Gasteiger partial charge in [0, 0.05) is 12.1 Å². The highest BCUT2D eigenvalue weighted by molar-refractivity contribution is 5.89. The first kappa shape index (κ1) is 16.9. The third-order valence-electron chi connectivity index (χ3n) is 3.42. The van der Waals surface area contributed by atoms with Crippen molar-refractivity contribution >= 4 is 17.3 Å². The van der Waals surface area contributed by atoms with Crippen molar-refractivity contribution in [1.29, 1.82) is 0 Å². The van der Waals surface area contributed by atoms with E-state index in [0.29, 0.717) is 5.01 Å². The van der Waals surface area contributed by atoms with Crippen LogP contribution in [0.4, 0.5) is 14.5 Å². The Morgan fingerprint density at radius 3 is 2.78 bits per heavy atom. The van der Waals surface area contributed by atoms with E-state index in [1.165, 1.54) is 13.8 Å². The maximum Gasteiger partial charge on any atom is 0.306 e. The molecule has 0 bridgehead atoms. The molecule has 1 aliphatic heterocycles. The van der Waals surface area contributed by atoms with Gasteiger partial charge in [0.05, 0.1) is 17.4 Å². The molecule has 1 aromatic rings. The van der Waals surface area contributed by atoms with E-state index in [2.05, 4.69) is 10.2 Å². The van der Waals surface area contributed by atoms with Gasteiger partial charge < -0.3 is 5.11 Å². The summed E-state index contributed by atoms with van der Waals surface area (Å²) in [6.45, 7) is 2.80. The molecule has 0 radical (unpaired) electrons. The number of aliphatic hydroxyl groups is 1. The number of hydrogen-bond donors (Lipinski definition) is 1. The van der Waals surface area contributed by atoms with Crippen LogP contribution < -0.4 is 0 Å². The van der Waals surface area contributed by atoms with Gasteiger partial charge >= 0.3 is 5.69 Å². The molecule has 0 fully saturated rings. The zero-order valence-electron chi connectivity index (χ0n) is 12.4. The van der Waals surface area contributed by atoms with Crippen LogP contribution in [0.15, 0.2) is 17.5 Å². The van der Waals surface area contributed by atoms with E-state index in [0.717, 1.165) is 17.1 Å². The quantitative estimate of drug-likeness (QED) is 0.638. The Kier molecular flexibility index (Phi) is 4.41. The molecule has 0 unspecified atom stereocenters.